The molecule has 0 saturated carbocycles. The van der Waals surface area contributed by atoms with Gasteiger partial charge in [-0.2, -0.15) is 0 Å². The van der Waals surface area contributed by atoms with Crippen molar-refractivity contribution in [1.29, 1.82) is 0 Å². The molecule has 0 aliphatic rings. The fourth-order valence-electron chi connectivity index (χ4n) is 1.87. The Balaban J connectivity index is 2.01. The van der Waals surface area contributed by atoms with Gasteiger partial charge < -0.3 is 15.0 Å². The number of halogens is 1. The van der Waals surface area contributed by atoms with Crippen LogP contribution in [0, 0.1) is 5.82 Å². The first-order valence-corrected chi connectivity index (χ1v) is 6.19. The van der Waals surface area contributed by atoms with E-state index in [0.29, 0.717) is 12.1 Å². The van der Waals surface area contributed by atoms with Crippen molar-refractivity contribution in [2.45, 2.75) is 0 Å². The van der Waals surface area contributed by atoms with E-state index in [9.17, 15) is 14.0 Å². The zero-order chi connectivity index (χ0) is 15.5. The topological polar surface area (TPSA) is 97.0 Å². The summed E-state index contributed by atoms with van der Waals surface area (Å²) in [5.41, 5.74) is 0.423. The van der Waals surface area contributed by atoms with Crippen LogP contribution in [0.1, 0.15) is 0 Å². The molecule has 3 aromatic rings. The molecule has 2 aromatic heterocycles. The first-order chi connectivity index (χ1) is 10.7. The van der Waals surface area contributed by atoms with Gasteiger partial charge >= 0.3 is 0 Å². The Bertz CT molecular complexity index is 910. The lowest BCUT2D eigenvalue weighted by Crippen LogP contribution is -2.06. The van der Waals surface area contributed by atoms with Crippen molar-refractivity contribution in [1.82, 2.24) is 15.0 Å². The first-order valence-electron chi connectivity index (χ1n) is 6.19. The number of nitrogens with one attached hydrogen (secondary N) is 2. The fraction of sp³-hybridized carbons (Fsp3) is 0. The van der Waals surface area contributed by atoms with E-state index in [2.05, 4.69) is 20.3 Å². The van der Waals surface area contributed by atoms with E-state index >= 15 is 0 Å². The highest BCUT2D eigenvalue weighted by molar-refractivity contribution is 5.77. The van der Waals surface area contributed by atoms with Crippen LogP contribution in [0.2, 0.25) is 0 Å². The highest BCUT2D eigenvalue weighted by Gasteiger charge is 2.10. The maximum absolute atomic E-state index is 14.0. The molecule has 0 aliphatic carbocycles. The van der Waals surface area contributed by atoms with Crippen molar-refractivity contribution in [3.8, 4) is 11.5 Å². The Morgan fingerprint density at radius 2 is 2.09 bits per heavy atom. The summed E-state index contributed by atoms with van der Waals surface area (Å²) in [7, 11) is 0. The SMILES string of the molecule is O=CNc1ccc(Oc2ccnc3ncc(=O)[nH]c23)c(F)c1. The summed E-state index contributed by atoms with van der Waals surface area (Å²) in [6.07, 6.45) is 2.98. The van der Waals surface area contributed by atoms with Crippen LogP contribution in [0.5, 0.6) is 11.5 Å². The van der Waals surface area contributed by atoms with Gasteiger partial charge in [0.2, 0.25) is 6.41 Å². The molecule has 0 unspecified atom stereocenters. The number of anilines is 1. The molecule has 8 heteroatoms. The molecule has 0 radical (unpaired) electrons. The maximum atomic E-state index is 14.0. The molecule has 0 bridgehead atoms. The monoisotopic (exact) mass is 300 g/mol. The van der Waals surface area contributed by atoms with Gasteiger partial charge in [0.05, 0.1) is 6.20 Å². The highest BCUT2D eigenvalue weighted by Crippen LogP contribution is 2.29. The van der Waals surface area contributed by atoms with Crippen LogP contribution in [0.4, 0.5) is 10.1 Å². The van der Waals surface area contributed by atoms with Crippen molar-refractivity contribution in [3.05, 3.63) is 52.8 Å². The number of amides is 1. The average Bonchev–Trinajstić information content (AvgIpc) is 2.51. The van der Waals surface area contributed by atoms with Gasteiger partial charge in [0.25, 0.3) is 5.56 Å². The first kappa shape index (κ1) is 13.7. The molecule has 0 atom stereocenters. The number of hydrogen-bond donors (Lipinski definition) is 2. The standard InChI is InChI=1S/C14H9FN4O3/c15-9-5-8(18-7-20)1-2-10(9)22-11-3-4-16-14-13(11)19-12(21)6-17-14/h1-7H,(H,18,20)(H,19,21). The van der Waals surface area contributed by atoms with E-state index in [1.165, 1.54) is 24.4 Å². The molecule has 1 aromatic carbocycles. The van der Waals surface area contributed by atoms with Crippen molar-refractivity contribution in [2.24, 2.45) is 0 Å². The number of nitrogens with zero attached hydrogens (tertiary/aromatic N) is 2. The van der Waals surface area contributed by atoms with E-state index in [-0.39, 0.29) is 22.7 Å². The van der Waals surface area contributed by atoms with Crippen LogP contribution >= 0.6 is 0 Å². The van der Waals surface area contributed by atoms with Gasteiger partial charge in [-0.1, -0.05) is 0 Å². The number of aromatic nitrogens is 3. The van der Waals surface area contributed by atoms with Crippen LogP contribution in [0.15, 0.2) is 41.5 Å². The van der Waals surface area contributed by atoms with Crippen molar-refractivity contribution in [3.63, 3.8) is 0 Å². The van der Waals surface area contributed by atoms with Crippen LogP contribution in [-0.2, 0) is 4.79 Å². The molecule has 7 nitrogen and oxygen atoms in total. The molecular formula is C14H9FN4O3. The molecule has 2 heterocycles. The van der Waals surface area contributed by atoms with Gasteiger partial charge in [-0.05, 0) is 12.1 Å². The van der Waals surface area contributed by atoms with Gasteiger partial charge in [-0.25, -0.2) is 14.4 Å². The molecule has 0 saturated heterocycles. The Morgan fingerprint density at radius 1 is 1.23 bits per heavy atom. The maximum Gasteiger partial charge on any atom is 0.267 e. The zero-order valence-electron chi connectivity index (χ0n) is 11.0. The third kappa shape index (κ3) is 2.62. The summed E-state index contributed by atoms with van der Waals surface area (Å²) >= 11 is 0. The molecule has 2 N–H and O–H groups in total. The largest absolute Gasteiger partial charge is 0.452 e. The number of ether oxygens (including phenoxy) is 1. The second kappa shape index (κ2) is 5.60. The third-order valence-electron chi connectivity index (χ3n) is 2.82. The molecule has 1 amide bonds. The number of rotatable bonds is 4. The van der Waals surface area contributed by atoms with Gasteiger partial charge in [0, 0.05) is 24.0 Å². The number of pyridine rings is 1. The third-order valence-corrected chi connectivity index (χ3v) is 2.82. The van der Waals surface area contributed by atoms with Gasteiger partial charge in [-0.15, -0.1) is 0 Å². The number of H-pyrrole nitrogens is 1. The predicted octanol–water partition coefficient (Wildman–Crippen LogP) is 1.82. The number of carbonyl (C=O) groups is 1. The molecule has 3 rings (SSSR count). The lowest BCUT2D eigenvalue weighted by Gasteiger charge is -2.09. The highest BCUT2D eigenvalue weighted by atomic mass is 19.1. The number of benzene rings is 1. The van der Waals surface area contributed by atoms with E-state index in [1.807, 2.05) is 0 Å². The summed E-state index contributed by atoms with van der Waals surface area (Å²) in [6.45, 7) is 0. The Morgan fingerprint density at radius 3 is 2.86 bits per heavy atom. The summed E-state index contributed by atoms with van der Waals surface area (Å²) in [6, 6.07) is 5.45. The molecule has 110 valence electrons. The molecule has 0 fully saturated rings. The number of fused-ring (bicyclic) bond motifs is 1. The lowest BCUT2D eigenvalue weighted by molar-refractivity contribution is -0.105. The van der Waals surface area contributed by atoms with E-state index in [1.54, 1.807) is 0 Å². The van der Waals surface area contributed by atoms with Gasteiger partial charge in [0.1, 0.15) is 5.52 Å². The van der Waals surface area contributed by atoms with Crippen molar-refractivity contribution < 1.29 is 13.9 Å². The molecule has 0 spiro atoms. The normalized spacial score (nSPS) is 10.4. The predicted molar refractivity (Wildman–Crippen MR) is 76.3 cm³/mol. The Labute approximate surface area is 122 Å². The fourth-order valence-corrected chi connectivity index (χ4v) is 1.87. The number of aromatic amines is 1. The van der Waals surface area contributed by atoms with Crippen LogP contribution < -0.4 is 15.6 Å². The zero-order valence-corrected chi connectivity index (χ0v) is 11.0. The molecule has 22 heavy (non-hydrogen) atoms. The van der Waals surface area contributed by atoms with Gasteiger partial charge in [0.15, 0.2) is 23.0 Å². The minimum atomic E-state index is -0.664. The van der Waals surface area contributed by atoms with Crippen LogP contribution in [0.25, 0.3) is 11.2 Å². The van der Waals surface area contributed by atoms with E-state index in [4.69, 9.17) is 4.74 Å². The second-order valence-electron chi connectivity index (χ2n) is 4.26. The molecule has 0 aliphatic heterocycles. The average molecular weight is 300 g/mol. The summed E-state index contributed by atoms with van der Waals surface area (Å²) in [4.78, 5) is 32.1. The van der Waals surface area contributed by atoms with E-state index < -0.39 is 11.4 Å². The minimum absolute atomic E-state index is 0.0614. The minimum Gasteiger partial charge on any atom is -0.452 e. The quantitative estimate of drug-likeness (QED) is 0.716. The van der Waals surface area contributed by atoms with E-state index in [0.717, 1.165) is 12.3 Å². The summed E-state index contributed by atoms with van der Waals surface area (Å²) < 4.78 is 19.4. The van der Waals surface area contributed by atoms with Crippen molar-refractivity contribution in [2.75, 3.05) is 5.32 Å². The lowest BCUT2D eigenvalue weighted by atomic mass is 10.3. The number of carbonyl (C=O) groups excluding carboxylic acids is 1. The second-order valence-corrected chi connectivity index (χ2v) is 4.26. The van der Waals surface area contributed by atoms with Crippen LogP contribution in [-0.4, -0.2) is 21.4 Å². The summed E-state index contributed by atoms with van der Waals surface area (Å²) in [5.74, 6) is -0.512. The smallest absolute Gasteiger partial charge is 0.267 e. The van der Waals surface area contributed by atoms with Gasteiger partial charge in [-0.3, -0.25) is 9.59 Å². The van der Waals surface area contributed by atoms with Crippen molar-refractivity contribution >= 4 is 23.3 Å². The Kier molecular flexibility index (Phi) is 3.48. The van der Waals surface area contributed by atoms with Crippen LogP contribution in [0.3, 0.4) is 0 Å². The summed E-state index contributed by atoms with van der Waals surface area (Å²) in [5, 5.41) is 2.33. The number of hydrogen-bond acceptors (Lipinski definition) is 5. The molecular weight excluding hydrogens is 291 g/mol. The Hall–Kier alpha value is -3.29.